The van der Waals surface area contributed by atoms with Crippen LogP contribution in [-0.2, 0) is 0 Å². The lowest BCUT2D eigenvalue weighted by Crippen LogP contribution is -1.98. The molecule has 0 atom stereocenters. The molecule has 2 aromatic rings. The van der Waals surface area contributed by atoms with Gasteiger partial charge in [0.2, 0.25) is 0 Å². The minimum absolute atomic E-state index is 0.267. The van der Waals surface area contributed by atoms with Crippen molar-refractivity contribution in [2.24, 2.45) is 5.11 Å². The van der Waals surface area contributed by atoms with Crippen molar-refractivity contribution in [3.63, 3.8) is 0 Å². The third kappa shape index (κ3) is 1.70. The van der Waals surface area contributed by atoms with E-state index in [1.807, 2.05) is 30.3 Å². The van der Waals surface area contributed by atoms with Gasteiger partial charge in [0.05, 0.1) is 5.56 Å². The number of hydrogen-bond donors (Lipinski definition) is 3. The molecule has 0 bridgehead atoms. The Morgan fingerprint density at radius 3 is 2.44 bits per heavy atom. The fraction of sp³-hybridized carbons (Fsp3) is 0. The van der Waals surface area contributed by atoms with Gasteiger partial charge in [0, 0.05) is 6.07 Å². The topological polar surface area (TPSA) is 101 Å². The molecule has 0 spiro atoms. The maximum atomic E-state index is 7.11. The van der Waals surface area contributed by atoms with E-state index in [0.29, 0.717) is 11.3 Å². The Hall–Kier alpha value is -2.43. The standard InChI is InChI=1S/C11H11N5/c12-9-6-8(16-14)10(11(13)15-9)7-4-2-1-3-5-7/h1-6,14H,(H4,12,13,15). The van der Waals surface area contributed by atoms with Crippen LogP contribution in [0.4, 0.5) is 17.3 Å². The predicted molar refractivity (Wildman–Crippen MR) is 63.3 cm³/mol. The van der Waals surface area contributed by atoms with Gasteiger partial charge in [0.25, 0.3) is 0 Å². The first-order valence-electron chi connectivity index (χ1n) is 4.71. The summed E-state index contributed by atoms with van der Waals surface area (Å²) in [5.41, 5.74) is 20.4. The van der Waals surface area contributed by atoms with Gasteiger partial charge in [-0.15, -0.1) is 0 Å². The van der Waals surface area contributed by atoms with Crippen LogP contribution in [0.5, 0.6) is 0 Å². The van der Waals surface area contributed by atoms with E-state index in [-0.39, 0.29) is 11.6 Å². The number of hydrogen-bond acceptors (Lipinski definition) is 5. The first kappa shape index (κ1) is 10.1. The lowest BCUT2D eigenvalue weighted by molar-refractivity contribution is 1.14. The Labute approximate surface area is 92.6 Å². The number of nitrogen functional groups attached to an aromatic ring is 2. The number of rotatable bonds is 2. The first-order valence-corrected chi connectivity index (χ1v) is 4.71. The van der Waals surface area contributed by atoms with Crippen molar-refractivity contribution in [1.82, 2.24) is 4.98 Å². The van der Waals surface area contributed by atoms with Crippen molar-refractivity contribution in [1.29, 1.82) is 5.53 Å². The number of aromatic nitrogens is 1. The van der Waals surface area contributed by atoms with Crippen molar-refractivity contribution < 1.29 is 0 Å². The van der Waals surface area contributed by atoms with Crippen molar-refractivity contribution in [3.05, 3.63) is 36.4 Å². The van der Waals surface area contributed by atoms with Gasteiger partial charge in [-0.2, -0.15) is 5.11 Å². The van der Waals surface area contributed by atoms with E-state index in [0.717, 1.165) is 5.56 Å². The molecule has 16 heavy (non-hydrogen) atoms. The van der Waals surface area contributed by atoms with Crippen LogP contribution in [0.1, 0.15) is 0 Å². The van der Waals surface area contributed by atoms with Gasteiger partial charge in [-0.05, 0) is 5.56 Å². The Morgan fingerprint density at radius 2 is 1.81 bits per heavy atom. The highest BCUT2D eigenvalue weighted by molar-refractivity contribution is 5.85. The zero-order valence-corrected chi connectivity index (χ0v) is 8.51. The normalized spacial score (nSPS) is 10.0. The summed E-state index contributed by atoms with van der Waals surface area (Å²) in [5.74, 6) is 0.556. The second kappa shape index (κ2) is 3.98. The molecule has 0 aliphatic carbocycles. The Balaban J connectivity index is 2.69. The quantitative estimate of drug-likeness (QED) is 0.668. The molecule has 80 valence electrons. The van der Waals surface area contributed by atoms with E-state index in [2.05, 4.69) is 10.1 Å². The van der Waals surface area contributed by atoms with E-state index in [9.17, 15) is 0 Å². The zero-order valence-electron chi connectivity index (χ0n) is 8.51. The van der Waals surface area contributed by atoms with Crippen molar-refractivity contribution in [3.8, 4) is 11.1 Å². The number of nitrogens with zero attached hydrogens (tertiary/aromatic N) is 2. The second-order valence-corrected chi connectivity index (χ2v) is 3.30. The lowest BCUT2D eigenvalue weighted by atomic mass is 10.0. The molecule has 0 saturated heterocycles. The average Bonchev–Trinajstić information content (AvgIpc) is 2.29. The average molecular weight is 213 g/mol. The number of nitrogens with one attached hydrogen (secondary N) is 1. The molecule has 2 rings (SSSR count). The van der Waals surface area contributed by atoms with Crippen molar-refractivity contribution in [2.45, 2.75) is 0 Å². The van der Waals surface area contributed by atoms with Crippen LogP contribution in [0.25, 0.3) is 11.1 Å². The monoisotopic (exact) mass is 213 g/mol. The molecule has 0 saturated carbocycles. The smallest absolute Gasteiger partial charge is 0.135 e. The SMILES string of the molecule is N=Nc1cc(N)nc(N)c1-c1ccccc1. The minimum atomic E-state index is 0.267. The molecule has 0 aliphatic rings. The molecule has 5 heteroatoms. The summed E-state index contributed by atoms with van der Waals surface area (Å²) >= 11 is 0. The number of anilines is 2. The minimum Gasteiger partial charge on any atom is -0.384 e. The second-order valence-electron chi connectivity index (χ2n) is 3.30. The van der Waals surface area contributed by atoms with Gasteiger partial charge in [-0.3, -0.25) is 0 Å². The molecule has 0 aliphatic heterocycles. The van der Waals surface area contributed by atoms with Crippen LogP contribution in [-0.4, -0.2) is 4.98 Å². The van der Waals surface area contributed by atoms with Gasteiger partial charge >= 0.3 is 0 Å². The van der Waals surface area contributed by atoms with Crippen molar-refractivity contribution in [2.75, 3.05) is 11.5 Å². The van der Waals surface area contributed by atoms with E-state index < -0.39 is 0 Å². The molecule has 1 heterocycles. The van der Waals surface area contributed by atoms with Gasteiger partial charge in [0.15, 0.2) is 0 Å². The maximum Gasteiger partial charge on any atom is 0.135 e. The third-order valence-corrected chi connectivity index (χ3v) is 2.23. The summed E-state index contributed by atoms with van der Waals surface area (Å²) in [6.45, 7) is 0. The van der Waals surface area contributed by atoms with E-state index in [1.54, 1.807) is 0 Å². The third-order valence-electron chi connectivity index (χ3n) is 2.23. The summed E-state index contributed by atoms with van der Waals surface area (Å²) in [6, 6.07) is 11.0. The molecule has 0 amide bonds. The van der Waals surface area contributed by atoms with Crippen LogP contribution in [0.3, 0.4) is 0 Å². The summed E-state index contributed by atoms with van der Waals surface area (Å²) in [6.07, 6.45) is 0. The molecule has 0 unspecified atom stereocenters. The highest BCUT2D eigenvalue weighted by Gasteiger charge is 2.10. The maximum absolute atomic E-state index is 7.11. The fourth-order valence-electron chi connectivity index (χ4n) is 1.56. The van der Waals surface area contributed by atoms with Crippen molar-refractivity contribution >= 4 is 17.3 Å². The van der Waals surface area contributed by atoms with Crippen LogP contribution in [0.15, 0.2) is 41.5 Å². The van der Waals surface area contributed by atoms with E-state index in [1.165, 1.54) is 6.07 Å². The van der Waals surface area contributed by atoms with E-state index in [4.69, 9.17) is 17.0 Å². The van der Waals surface area contributed by atoms with Gasteiger partial charge in [-0.1, -0.05) is 30.3 Å². The summed E-state index contributed by atoms with van der Waals surface area (Å²) in [7, 11) is 0. The number of nitrogens with two attached hydrogens (primary N) is 2. The Morgan fingerprint density at radius 1 is 1.12 bits per heavy atom. The van der Waals surface area contributed by atoms with Crippen LogP contribution >= 0.6 is 0 Å². The van der Waals surface area contributed by atoms with E-state index >= 15 is 0 Å². The predicted octanol–water partition coefficient (Wildman–Crippen LogP) is 2.58. The van der Waals surface area contributed by atoms with Gasteiger partial charge in [-0.25, -0.2) is 10.5 Å². The summed E-state index contributed by atoms with van der Waals surface area (Å²) < 4.78 is 0. The molecular formula is C11H11N5. The fourth-order valence-corrected chi connectivity index (χ4v) is 1.56. The molecule has 1 aromatic heterocycles. The largest absolute Gasteiger partial charge is 0.384 e. The molecule has 0 fully saturated rings. The zero-order chi connectivity index (χ0) is 11.5. The highest BCUT2D eigenvalue weighted by atomic mass is 15.0. The molecule has 5 nitrogen and oxygen atoms in total. The summed E-state index contributed by atoms with van der Waals surface area (Å²) in [4.78, 5) is 3.97. The van der Waals surface area contributed by atoms with Crippen LogP contribution < -0.4 is 11.5 Å². The molecule has 1 aromatic carbocycles. The molecule has 0 radical (unpaired) electrons. The summed E-state index contributed by atoms with van der Waals surface area (Å²) in [5, 5.41) is 3.42. The Kier molecular flexibility index (Phi) is 2.51. The van der Waals surface area contributed by atoms with Crippen LogP contribution in [0.2, 0.25) is 0 Å². The number of benzene rings is 1. The van der Waals surface area contributed by atoms with Gasteiger partial charge < -0.3 is 11.5 Å². The highest BCUT2D eigenvalue weighted by Crippen LogP contribution is 2.35. The van der Waals surface area contributed by atoms with Gasteiger partial charge in [0.1, 0.15) is 17.3 Å². The molecule has 5 N–H and O–H groups in total. The Bertz CT molecular complexity index is 521. The molecular weight excluding hydrogens is 202 g/mol. The van der Waals surface area contributed by atoms with Crippen LogP contribution in [0, 0.1) is 5.53 Å². The lowest BCUT2D eigenvalue weighted by Gasteiger charge is -2.08. The first-order chi connectivity index (χ1) is 7.72. The number of pyridine rings is 1.